The second-order valence-corrected chi connectivity index (χ2v) is 8.67. The Bertz CT molecular complexity index is 1510. The van der Waals surface area contributed by atoms with Crippen LogP contribution in [0.4, 0.5) is 17.2 Å². The predicted molar refractivity (Wildman–Crippen MR) is 146 cm³/mol. The van der Waals surface area contributed by atoms with Gasteiger partial charge in [-0.2, -0.15) is 5.10 Å². The molecule has 3 N–H and O–H groups in total. The third kappa shape index (κ3) is 4.69. The van der Waals surface area contributed by atoms with E-state index < -0.39 is 6.04 Å². The molecule has 0 saturated carbocycles. The topological polar surface area (TPSA) is 107 Å². The molecule has 1 atom stereocenters. The predicted octanol–water partition coefficient (Wildman–Crippen LogP) is 5.08. The van der Waals surface area contributed by atoms with Crippen LogP contribution in [0, 0.1) is 0 Å². The molecule has 0 radical (unpaired) electrons. The SMILES string of the molecule is COc1ccc([C@@H]2C(C(=O)Nc3ccccc3)=C(C)Nc3c(C(=O)Nc4ccccc4)cnn32)cc1OC. The Kier molecular flexibility index (Phi) is 6.82. The van der Waals surface area contributed by atoms with E-state index in [1.807, 2.05) is 79.7 Å². The van der Waals surface area contributed by atoms with Gasteiger partial charge in [0.2, 0.25) is 0 Å². The van der Waals surface area contributed by atoms with Crippen LogP contribution in [0.3, 0.4) is 0 Å². The van der Waals surface area contributed by atoms with Gasteiger partial charge in [0, 0.05) is 17.1 Å². The Morgan fingerprint density at radius 3 is 2.05 bits per heavy atom. The standard InChI is InChI=1S/C29H27N5O4/c1-18-25(29(36)33-21-12-8-5-9-13-21)26(19-14-15-23(37-2)24(16-19)38-3)34-27(31-18)22(17-30-34)28(35)32-20-10-6-4-7-11-20/h4-17,26,31H,1-3H3,(H,32,35)(H,33,36)/t26-/m1/s1. The van der Waals surface area contributed by atoms with Crippen molar-refractivity contribution in [2.75, 3.05) is 30.2 Å². The van der Waals surface area contributed by atoms with E-state index in [2.05, 4.69) is 21.0 Å². The van der Waals surface area contributed by atoms with Gasteiger partial charge >= 0.3 is 0 Å². The second-order valence-electron chi connectivity index (χ2n) is 8.67. The maximum absolute atomic E-state index is 13.6. The highest BCUT2D eigenvalue weighted by atomic mass is 16.5. The van der Waals surface area contributed by atoms with Crippen LogP contribution in [-0.2, 0) is 4.79 Å². The fourth-order valence-corrected chi connectivity index (χ4v) is 4.49. The van der Waals surface area contributed by atoms with E-state index in [9.17, 15) is 9.59 Å². The molecule has 0 bridgehead atoms. The zero-order valence-corrected chi connectivity index (χ0v) is 21.2. The number of amides is 2. The van der Waals surface area contributed by atoms with Gasteiger partial charge in [-0.1, -0.05) is 42.5 Å². The van der Waals surface area contributed by atoms with Gasteiger partial charge in [0.15, 0.2) is 11.5 Å². The first-order valence-corrected chi connectivity index (χ1v) is 12.0. The van der Waals surface area contributed by atoms with Crippen LogP contribution in [0.15, 0.2) is 96.3 Å². The van der Waals surface area contributed by atoms with Crippen molar-refractivity contribution in [3.8, 4) is 11.5 Å². The van der Waals surface area contributed by atoms with Gasteiger partial charge in [-0.3, -0.25) is 9.59 Å². The molecular formula is C29H27N5O4. The molecule has 0 unspecified atom stereocenters. The van der Waals surface area contributed by atoms with Crippen molar-refractivity contribution >= 4 is 29.0 Å². The lowest BCUT2D eigenvalue weighted by Gasteiger charge is -2.30. The van der Waals surface area contributed by atoms with Crippen molar-refractivity contribution in [2.45, 2.75) is 13.0 Å². The molecule has 2 amide bonds. The number of nitrogens with one attached hydrogen (secondary N) is 3. The zero-order valence-electron chi connectivity index (χ0n) is 21.2. The number of hydrogen-bond acceptors (Lipinski definition) is 6. The van der Waals surface area contributed by atoms with Crippen LogP contribution in [0.25, 0.3) is 0 Å². The molecule has 1 aromatic heterocycles. The largest absolute Gasteiger partial charge is 0.493 e. The van der Waals surface area contributed by atoms with E-state index in [4.69, 9.17) is 9.47 Å². The Hall–Kier alpha value is -5.05. The van der Waals surface area contributed by atoms with Crippen LogP contribution >= 0.6 is 0 Å². The summed E-state index contributed by atoms with van der Waals surface area (Å²) in [6.07, 6.45) is 1.50. The summed E-state index contributed by atoms with van der Waals surface area (Å²) in [5.41, 5.74) is 3.46. The van der Waals surface area contributed by atoms with Crippen LogP contribution in [-0.4, -0.2) is 35.8 Å². The molecule has 0 saturated heterocycles. The Balaban J connectivity index is 1.58. The molecule has 38 heavy (non-hydrogen) atoms. The van der Waals surface area contributed by atoms with Crippen molar-refractivity contribution in [1.29, 1.82) is 0 Å². The van der Waals surface area contributed by atoms with Crippen molar-refractivity contribution in [3.63, 3.8) is 0 Å². The minimum Gasteiger partial charge on any atom is -0.493 e. The van der Waals surface area contributed by atoms with Crippen LogP contribution < -0.4 is 25.4 Å². The number of benzene rings is 3. The number of carbonyl (C=O) groups excluding carboxylic acids is 2. The van der Waals surface area contributed by atoms with Crippen LogP contribution in [0.5, 0.6) is 11.5 Å². The fraction of sp³-hybridized carbons (Fsp3) is 0.138. The average molecular weight is 510 g/mol. The summed E-state index contributed by atoms with van der Waals surface area (Å²) in [6, 6.07) is 23.2. The van der Waals surface area contributed by atoms with Gasteiger partial charge in [0.25, 0.3) is 11.8 Å². The quantitative estimate of drug-likeness (QED) is 0.321. The minimum atomic E-state index is -0.645. The number of carbonyl (C=O) groups is 2. The Morgan fingerprint density at radius 2 is 1.45 bits per heavy atom. The van der Waals surface area contributed by atoms with Gasteiger partial charge in [0.1, 0.15) is 17.4 Å². The first-order chi connectivity index (χ1) is 18.5. The van der Waals surface area contributed by atoms with Gasteiger partial charge in [0.05, 0.1) is 26.0 Å². The Labute approximate surface area is 220 Å². The maximum Gasteiger partial charge on any atom is 0.261 e. The first kappa shape index (κ1) is 24.6. The molecule has 5 rings (SSSR count). The highest BCUT2D eigenvalue weighted by Gasteiger charge is 2.35. The van der Waals surface area contributed by atoms with Crippen molar-refractivity contribution in [2.24, 2.45) is 0 Å². The van der Waals surface area contributed by atoms with Gasteiger partial charge in [-0.25, -0.2) is 4.68 Å². The molecule has 1 aliphatic heterocycles. The molecule has 1 aliphatic rings. The molecule has 9 heteroatoms. The smallest absolute Gasteiger partial charge is 0.261 e. The summed E-state index contributed by atoms with van der Waals surface area (Å²) in [4.78, 5) is 26.8. The number of methoxy groups -OCH3 is 2. The van der Waals surface area contributed by atoms with Crippen LogP contribution in [0.1, 0.15) is 28.9 Å². The van der Waals surface area contributed by atoms with Gasteiger partial charge in [-0.05, 0) is 48.9 Å². The molecule has 3 aromatic carbocycles. The number of hydrogen-bond donors (Lipinski definition) is 3. The second kappa shape index (κ2) is 10.5. The number of nitrogens with zero attached hydrogens (tertiary/aromatic N) is 2. The lowest BCUT2D eigenvalue weighted by molar-refractivity contribution is -0.113. The van der Waals surface area contributed by atoms with E-state index in [0.29, 0.717) is 45.5 Å². The van der Waals surface area contributed by atoms with E-state index in [0.717, 1.165) is 5.56 Å². The number of para-hydroxylation sites is 2. The molecule has 4 aromatic rings. The summed E-state index contributed by atoms with van der Waals surface area (Å²) < 4.78 is 12.6. The van der Waals surface area contributed by atoms with Crippen molar-refractivity contribution < 1.29 is 19.1 Å². The number of fused-ring (bicyclic) bond motifs is 1. The average Bonchev–Trinajstić information content (AvgIpc) is 3.36. The highest BCUT2D eigenvalue weighted by Crippen LogP contribution is 2.40. The lowest BCUT2D eigenvalue weighted by atomic mass is 9.94. The van der Waals surface area contributed by atoms with E-state index in [1.165, 1.54) is 6.20 Å². The third-order valence-corrected chi connectivity index (χ3v) is 6.30. The number of ether oxygens (including phenoxy) is 2. The summed E-state index contributed by atoms with van der Waals surface area (Å²) in [5, 5.41) is 13.7. The molecule has 0 aliphatic carbocycles. The monoisotopic (exact) mass is 509 g/mol. The number of anilines is 3. The molecule has 0 spiro atoms. The maximum atomic E-state index is 13.6. The molecular weight excluding hydrogens is 482 g/mol. The highest BCUT2D eigenvalue weighted by molar-refractivity contribution is 6.09. The third-order valence-electron chi connectivity index (χ3n) is 6.30. The number of allylic oxidation sites excluding steroid dienone is 1. The van der Waals surface area contributed by atoms with Gasteiger partial charge < -0.3 is 25.4 Å². The normalized spacial score (nSPS) is 14.2. The molecule has 0 fully saturated rings. The number of aromatic nitrogens is 2. The van der Waals surface area contributed by atoms with Gasteiger partial charge in [-0.15, -0.1) is 0 Å². The van der Waals surface area contributed by atoms with E-state index in [1.54, 1.807) is 25.0 Å². The summed E-state index contributed by atoms with van der Waals surface area (Å²) >= 11 is 0. The molecule has 192 valence electrons. The zero-order chi connectivity index (χ0) is 26.6. The summed E-state index contributed by atoms with van der Waals surface area (Å²) in [5.74, 6) is 0.940. The van der Waals surface area contributed by atoms with E-state index >= 15 is 0 Å². The summed E-state index contributed by atoms with van der Waals surface area (Å²) in [6.45, 7) is 1.81. The lowest BCUT2D eigenvalue weighted by Crippen LogP contribution is -2.32. The Morgan fingerprint density at radius 1 is 0.842 bits per heavy atom. The molecule has 2 heterocycles. The number of rotatable bonds is 7. The fourth-order valence-electron chi connectivity index (χ4n) is 4.49. The minimum absolute atomic E-state index is 0.294. The van der Waals surface area contributed by atoms with Crippen molar-refractivity contribution in [3.05, 3.63) is 107 Å². The molecule has 9 nitrogen and oxygen atoms in total. The van der Waals surface area contributed by atoms with E-state index in [-0.39, 0.29) is 11.8 Å². The van der Waals surface area contributed by atoms with Crippen molar-refractivity contribution in [1.82, 2.24) is 9.78 Å². The van der Waals surface area contributed by atoms with Crippen LogP contribution in [0.2, 0.25) is 0 Å². The summed E-state index contributed by atoms with van der Waals surface area (Å²) in [7, 11) is 3.12. The first-order valence-electron chi connectivity index (χ1n) is 12.0.